The standard InChI is InChI=1S/C23H20N2O4S/c1-28-19-10-11-20-21(14-19)30-23(25-20)16-2-6-17(7-3-16)24-22(27)15-4-8-18(9-5-15)29-13-12-26/h2-11,14,26H,12-13H2,1H3,(H,24,27). The van der Waals surface area contributed by atoms with E-state index in [1.807, 2.05) is 42.5 Å². The van der Waals surface area contributed by atoms with Crippen LogP contribution in [0.1, 0.15) is 10.4 Å². The molecule has 0 atom stereocenters. The van der Waals surface area contributed by atoms with Crippen molar-refractivity contribution in [2.75, 3.05) is 25.6 Å². The lowest BCUT2D eigenvalue weighted by molar-refractivity contribution is 0.102. The van der Waals surface area contributed by atoms with E-state index in [2.05, 4.69) is 10.3 Å². The predicted molar refractivity (Wildman–Crippen MR) is 119 cm³/mol. The van der Waals surface area contributed by atoms with Crippen molar-refractivity contribution in [1.29, 1.82) is 0 Å². The average molecular weight is 420 g/mol. The van der Waals surface area contributed by atoms with Gasteiger partial charge in [-0.05, 0) is 66.7 Å². The van der Waals surface area contributed by atoms with Crippen molar-refractivity contribution in [3.05, 3.63) is 72.3 Å². The molecule has 3 aromatic carbocycles. The molecule has 30 heavy (non-hydrogen) atoms. The van der Waals surface area contributed by atoms with E-state index in [-0.39, 0.29) is 19.1 Å². The minimum Gasteiger partial charge on any atom is -0.497 e. The first kappa shape index (κ1) is 19.9. The van der Waals surface area contributed by atoms with Gasteiger partial charge in [-0.3, -0.25) is 4.79 Å². The lowest BCUT2D eigenvalue weighted by atomic mass is 10.2. The maximum absolute atomic E-state index is 12.5. The number of aliphatic hydroxyl groups excluding tert-OH is 1. The molecule has 0 saturated heterocycles. The summed E-state index contributed by atoms with van der Waals surface area (Å²) >= 11 is 1.60. The summed E-state index contributed by atoms with van der Waals surface area (Å²) in [5, 5.41) is 12.6. The van der Waals surface area contributed by atoms with Gasteiger partial charge in [0.25, 0.3) is 5.91 Å². The maximum atomic E-state index is 12.5. The van der Waals surface area contributed by atoms with E-state index < -0.39 is 0 Å². The van der Waals surface area contributed by atoms with Gasteiger partial charge in [0, 0.05) is 16.8 Å². The second-order valence-corrected chi connectivity index (χ2v) is 7.51. The first-order valence-corrected chi connectivity index (χ1v) is 10.2. The largest absolute Gasteiger partial charge is 0.497 e. The van der Waals surface area contributed by atoms with Crippen molar-refractivity contribution in [3.8, 4) is 22.1 Å². The van der Waals surface area contributed by atoms with Crippen molar-refractivity contribution in [1.82, 2.24) is 4.98 Å². The number of aromatic nitrogens is 1. The highest BCUT2D eigenvalue weighted by molar-refractivity contribution is 7.21. The molecule has 0 aliphatic carbocycles. The molecule has 4 aromatic rings. The van der Waals surface area contributed by atoms with Crippen LogP contribution in [0.3, 0.4) is 0 Å². The van der Waals surface area contributed by atoms with Gasteiger partial charge in [0.1, 0.15) is 23.1 Å². The molecule has 0 aliphatic rings. The zero-order valence-electron chi connectivity index (χ0n) is 16.3. The van der Waals surface area contributed by atoms with Crippen LogP contribution < -0.4 is 14.8 Å². The Bertz CT molecular complexity index is 1150. The fourth-order valence-corrected chi connectivity index (χ4v) is 3.92. The molecule has 6 nitrogen and oxygen atoms in total. The topological polar surface area (TPSA) is 80.7 Å². The number of benzene rings is 3. The molecule has 2 N–H and O–H groups in total. The van der Waals surface area contributed by atoms with E-state index in [1.54, 1.807) is 42.7 Å². The molecule has 7 heteroatoms. The Morgan fingerprint density at radius 1 is 1.03 bits per heavy atom. The zero-order valence-corrected chi connectivity index (χ0v) is 17.1. The monoisotopic (exact) mass is 420 g/mol. The van der Waals surface area contributed by atoms with Crippen LogP contribution >= 0.6 is 11.3 Å². The van der Waals surface area contributed by atoms with Crippen LogP contribution in [0.25, 0.3) is 20.8 Å². The molecular weight excluding hydrogens is 400 g/mol. The molecule has 4 rings (SSSR count). The van der Waals surface area contributed by atoms with Gasteiger partial charge < -0.3 is 19.9 Å². The second-order valence-electron chi connectivity index (χ2n) is 6.48. The highest BCUT2D eigenvalue weighted by Crippen LogP contribution is 2.32. The van der Waals surface area contributed by atoms with Gasteiger partial charge in [0.15, 0.2) is 0 Å². The third-order valence-corrected chi connectivity index (χ3v) is 5.53. The van der Waals surface area contributed by atoms with E-state index in [0.29, 0.717) is 17.0 Å². The Hall–Kier alpha value is -3.42. The highest BCUT2D eigenvalue weighted by Gasteiger charge is 2.09. The van der Waals surface area contributed by atoms with Crippen LogP contribution in [0.5, 0.6) is 11.5 Å². The fraction of sp³-hybridized carbons (Fsp3) is 0.130. The summed E-state index contributed by atoms with van der Waals surface area (Å²) in [4.78, 5) is 17.1. The Balaban J connectivity index is 1.45. The van der Waals surface area contributed by atoms with Gasteiger partial charge in [-0.1, -0.05) is 0 Å². The fourth-order valence-electron chi connectivity index (χ4n) is 2.92. The SMILES string of the molecule is COc1ccc2nc(-c3ccc(NC(=O)c4ccc(OCCO)cc4)cc3)sc2c1. The number of anilines is 1. The normalized spacial score (nSPS) is 10.7. The van der Waals surface area contributed by atoms with Crippen LogP contribution in [0.2, 0.25) is 0 Å². The molecular formula is C23H20N2O4S. The molecule has 0 spiro atoms. The average Bonchev–Trinajstić information content (AvgIpc) is 3.21. The number of hydrogen-bond donors (Lipinski definition) is 2. The van der Waals surface area contributed by atoms with E-state index in [0.717, 1.165) is 26.5 Å². The van der Waals surface area contributed by atoms with Crippen molar-refractivity contribution < 1.29 is 19.4 Å². The van der Waals surface area contributed by atoms with Gasteiger partial charge in [-0.25, -0.2) is 4.98 Å². The number of rotatable bonds is 7. The summed E-state index contributed by atoms with van der Waals surface area (Å²) in [5.41, 5.74) is 3.14. The summed E-state index contributed by atoms with van der Waals surface area (Å²) in [6, 6.07) is 20.2. The maximum Gasteiger partial charge on any atom is 0.255 e. The first-order chi connectivity index (χ1) is 14.7. The van der Waals surface area contributed by atoms with E-state index in [4.69, 9.17) is 14.6 Å². The number of nitrogens with zero attached hydrogens (tertiary/aromatic N) is 1. The summed E-state index contributed by atoms with van der Waals surface area (Å²) < 4.78 is 11.6. The van der Waals surface area contributed by atoms with Gasteiger partial charge in [0.2, 0.25) is 0 Å². The second kappa shape index (κ2) is 8.94. The number of carbonyl (C=O) groups is 1. The molecule has 0 unspecified atom stereocenters. The molecule has 1 aromatic heterocycles. The highest BCUT2D eigenvalue weighted by atomic mass is 32.1. The minimum atomic E-state index is -0.205. The van der Waals surface area contributed by atoms with Crippen LogP contribution in [-0.2, 0) is 0 Å². The Morgan fingerprint density at radius 2 is 1.77 bits per heavy atom. The minimum absolute atomic E-state index is 0.0521. The predicted octanol–water partition coefficient (Wildman–Crippen LogP) is 4.60. The van der Waals surface area contributed by atoms with Crippen LogP contribution in [0, 0.1) is 0 Å². The third kappa shape index (κ3) is 4.42. The number of methoxy groups -OCH3 is 1. The molecule has 0 bridgehead atoms. The Morgan fingerprint density at radius 3 is 2.47 bits per heavy atom. The number of aliphatic hydroxyl groups is 1. The molecule has 0 fully saturated rings. The van der Waals surface area contributed by atoms with E-state index >= 15 is 0 Å². The summed E-state index contributed by atoms with van der Waals surface area (Å²) in [7, 11) is 1.65. The number of nitrogens with one attached hydrogen (secondary N) is 1. The van der Waals surface area contributed by atoms with Crippen LogP contribution in [0.4, 0.5) is 5.69 Å². The van der Waals surface area contributed by atoms with Crippen LogP contribution in [0.15, 0.2) is 66.7 Å². The first-order valence-electron chi connectivity index (χ1n) is 9.36. The van der Waals surface area contributed by atoms with E-state index in [9.17, 15) is 4.79 Å². The molecule has 1 amide bonds. The van der Waals surface area contributed by atoms with E-state index in [1.165, 1.54) is 0 Å². The Labute approximate surface area is 177 Å². The number of hydrogen-bond acceptors (Lipinski definition) is 6. The summed E-state index contributed by atoms with van der Waals surface area (Å²) in [6.07, 6.45) is 0. The lowest BCUT2D eigenvalue weighted by Gasteiger charge is -2.07. The molecule has 1 heterocycles. The lowest BCUT2D eigenvalue weighted by Crippen LogP contribution is -2.11. The third-order valence-electron chi connectivity index (χ3n) is 4.46. The molecule has 152 valence electrons. The molecule has 0 saturated carbocycles. The van der Waals surface area contributed by atoms with Crippen molar-refractivity contribution in [2.24, 2.45) is 0 Å². The van der Waals surface area contributed by atoms with Crippen molar-refractivity contribution in [3.63, 3.8) is 0 Å². The summed E-state index contributed by atoms with van der Waals surface area (Å²) in [5.74, 6) is 1.21. The van der Waals surface area contributed by atoms with Crippen molar-refractivity contribution in [2.45, 2.75) is 0 Å². The smallest absolute Gasteiger partial charge is 0.255 e. The summed E-state index contributed by atoms with van der Waals surface area (Å²) in [6.45, 7) is 0.170. The number of carbonyl (C=O) groups excluding carboxylic acids is 1. The molecule has 0 aliphatic heterocycles. The van der Waals surface area contributed by atoms with Crippen LogP contribution in [-0.4, -0.2) is 36.3 Å². The van der Waals surface area contributed by atoms with Crippen molar-refractivity contribution >= 4 is 33.1 Å². The zero-order chi connectivity index (χ0) is 20.9. The van der Waals surface area contributed by atoms with Gasteiger partial charge in [-0.2, -0.15) is 0 Å². The number of fused-ring (bicyclic) bond motifs is 1. The quantitative estimate of drug-likeness (QED) is 0.457. The van der Waals surface area contributed by atoms with Gasteiger partial charge >= 0.3 is 0 Å². The number of ether oxygens (including phenoxy) is 2. The van der Waals surface area contributed by atoms with Gasteiger partial charge in [-0.15, -0.1) is 11.3 Å². The Kier molecular flexibility index (Phi) is 5.92. The number of thiazole rings is 1. The molecule has 0 radical (unpaired) electrons. The number of amides is 1. The van der Waals surface area contributed by atoms with Gasteiger partial charge in [0.05, 0.1) is 23.9 Å².